The van der Waals surface area contributed by atoms with Crippen LogP contribution in [0.2, 0.25) is 0 Å². The van der Waals surface area contributed by atoms with E-state index in [9.17, 15) is 35.2 Å². The van der Waals surface area contributed by atoms with Gasteiger partial charge in [0, 0.05) is 60.8 Å². The van der Waals surface area contributed by atoms with Crippen LogP contribution in [0.15, 0.2) is 71.9 Å². The Labute approximate surface area is 314 Å². The topological polar surface area (TPSA) is 129 Å². The number of ether oxygens (including phenoxy) is 5. The first-order valence-electron chi connectivity index (χ1n) is 16.6. The standard InChI is InChI=1S/C37H39F5N4O8S/c1-36(37(40,41)42)14-16-46(28-12-11-27(38)32(39)33(28)54-6)34(36)35(47)44-24-13-15-43-31(17-24)55(48,49)45(20-22-7-9-25(50-2)18-29(22)52-4)21-23-8-10-26(51-3)19-30(23)53-5/h7-13,15,17-19,34H,14,16,20-21H2,1-6H3,(H,43,44,47). The molecule has 18 heteroatoms. The van der Waals surface area contributed by atoms with Gasteiger partial charge in [-0.05, 0) is 43.7 Å². The fourth-order valence-corrected chi connectivity index (χ4v) is 7.79. The van der Waals surface area contributed by atoms with Crippen LogP contribution in [0.25, 0.3) is 0 Å². The highest BCUT2D eigenvalue weighted by atomic mass is 32.2. The average molecular weight is 795 g/mol. The number of alkyl halides is 3. The van der Waals surface area contributed by atoms with E-state index in [1.807, 2.05) is 0 Å². The monoisotopic (exact) mass is 794 g/mol. The van der Waals surface area contributed by atoms with Gasteiger partial charge in [0.2, 0.25) is 11.7 Å². The van der Waals surface area contributed by atoms with Crippen molar-refractivity contribution in [2.24, 2.45) is 5.41 Å². The van der Waals surface area contributed by atoms with E-state index in [0.717, 1.165) is 47.6 Å². The molecule has 5 rings (SSSR count). The second kappa shape index (κ2) is 16.2. The fraction of sp³-hybridized carbons (Fsp3) is 0.351. The van der Waals surface area contributed by atoms with E-state index in [-0.39, 0.29) is 31.0 Å². The minimum atomic E-state index is -4.92. The first kappa shape index (κ1) is 40.8. The van der Waals surface area contributed by atoms with Crippen LogP contribution in [0.4, 0.5) is 33.3 Å². The summed E-state index contributed by atoms with van der Waals surface area (Å²) in [5.74, 6) is -3.04. The van der Waals surface area contributed by atoms with Gasteiger partial charge in [-0.25, -0.2) is 17.8 Å². The number of sulfonamides is 1. The maximum Gasteiger partial charge on any atom is 0.396 e. The Balaban J connectivity index is 1.54. The van der Waals surface area contributed by atoms with Crippen molar-refractivity contribution >= 4 is 27.3 Å². The lowest BCUT2D eigenvalue weighted by molar-refractivity contribution is -0.218. The maximum atomic E-state index is 14.7. The van der Waals surface area contributed by atoms with E-state index in [0.29, 0.717) is 34.1 Å². The molecular formula is C37H39F5N4O8S. The number of methoxy groups -OCH3 is 5. The summed E-state index contributed by atoms with van der Waals surface area (Å²) in [5, 5.41) is 1.86. The van der Waals surface area contributed by atoms with E-state index in [2.05, 4.69) is 10.3 Å². The summed E-state index contributed by atoms with van der Waals surface area (Å²) in [6, 6.07) is 11.6. The minimum absolute atomic E-state index is 0.198. The van der Waals surface area contributed by atoms with Gasteiger partial charge in [-0.15, -0.1) is 0 Å². The van der Waals surface area contributed by atoms with Gasteiger partial charge in [0.1, 0.15) is 29.0 Å². The molecule has 1 aliphatic rings. The summed E-state index contributed by atoms with van der Waals surface area (Å²) in [6.45, 7) is -0.0190. The van der Waals surface area contributed by atoms with Crippen molar-refractivity contribution in [2.75, 3.05) is 52.3 Å². The molecule has 0 radical (unpaired) electrons. The van der Waals surface area contributed by atoms with Crippen LogP contribution in [-0.2, 0) is 27.9 Å². The van der Waals surface area contributed by atoms with E-state index >= 15 is 0 Å². The summed E-state index contributed by atoms with van der Waals surface area (Å²) in [7, 11) is 2.21. The van der Waals surface area contributed by atoms with Crippen molar-refractivity contribution in [2.45, 2.75) is 43.7 Å². The number of rotatable bonds is 14. The molecule has 55 heavy (non-hydrogen) atoms. The van der Waals surface area contributed by atoms with Crippen molar-refractivity contribution in [1.82, 2.24) is 9.29 Å². The van der Waals surface area contributed by atoms with Gasteiger partial charge in [-0.3, -0.25) is 4.79 Å². The number of nitrogens with one attached hydrogen (secondary N) is 1. The molecule has 0 spiro atoms. The number of hydrogen-bond acceptors (Lipinski definition) is 10. The molecule has 1 aliphatic heterocycles. The highest BCUT2D eigenvalue weighted by molar-refractivity contribution is 7.89. The zero-order valence-corrected chi connectivity index (χ0v) is 31.5. The molecule has 296 valence electrons. The molecule has 2 heterocycles. The number of hydrogen-bond donors (Lipinski definition) is 1. The molecule has 1 N–H and O–H groups in total. The number of pyridine rings is 1. The lowest BCUT2D eigenvalue weighted by Crippen LogP contribution is -2.53. The Hall–Kier alpha value is -5.36. The molecule has 1 saturated heterocycles. The number of carbonyl (C=O) groups excluding carboxylic acids is 1. The Morgan fingerprint density at radius 1 is 0.873 bits per heavy atom. The van der Waals surface area contributed by atoms with Gasteiger partial charge in [-0.1, -0.05) is 12.1 Å². The third kappa shape index (κ3) is 8.05. The molecule has 1 amide bonds. The largest absolute Gasteiger partial charge is 0.497 e. The third-order valence-corrected chi connectivity index (χ3v) is 11.2. The highest BCUT2D eigenvalue weighted by Crippen LogP contribution is 2.52. The predicted octanol–water partition coefficient (Wildman–Crippen LogP) is 6.58. The number of halogens is 5. The summed E-state index contributed by atoms with van der Waals surface area (Å²) >= 11 is 0. The van der Waals surface area contributed by atoms with Gasteiger partial charge < -0.3 is 33.9 Å². The van der Waals surface area contributed by atoms with Gasteiger partial charge in [0.05, 0.1) is 46.7 Å². The quantitative estimate of drug-likeness (QED) is 0.140. The maximum absolute atomic E-state index is 14.7. The summed E-state index contributed by atoms with van der Waals surface area (Å²) in [6.07, 6.45) is -4.42. The SMILES string of the molecule is COc1ccc(CN(Cc2ccc(OC)cc2OC)S(=O)(=O)c2cc(NC(=O)C3N(c4ccc(F)c(F)c4OC)CCC3(C)C(F)(F)F)ccn2)c(OC)c1. The van der Waals surface area contributed by atoms with E-state index in [4.69, 9.17) is 23.7 Å². The van der Waals surface area contributed by atoms with E-state index < -0.39 is 62.4 Å². The molecule has 2 unspecified atom stereocenters. The number of amides is 1. The normalized spacial score (nSPS) is 17.2. The van der Waals surface area contributed by atoms with E-state index in [1.165, 1.54) is 34.5 Å². The smallest absolute Gasteiger partial charge is 0.396 e. The lowest BCUT2D eigenvalue weighted by atomic mass is 9.81. The van der Waals surface area contributed by atoms with Crippen molar-refractivity contribution in [1.29, 1.82) is 0 Å². The average Bonchev–Trinajstić information content (AvgIpc) is 3.54. The first-order valence-corrected chi connectivity index (χ1v) is 18.0. The second-order valence-corrected chi connectivity index (χ2v) is 14.6. The van der Waals surface area contributed by atoms with Crippen molar-refractivity contribution in [3.63, 3.8) is 0 Å². The fourth-order valence-electron chi connectivity index (χ4n) is 6.43. The van der Waals surface area contributed by atoms with Crippen LogP contribution >= 0.6 is 0 Å². The molecular weight excluding hydrogens is 755 g/mol. The summed E-state index contributed by atoms with van der Waals surface area (Å²) < 4.78 is 129. The number of carbonyl (C=O) groups is 1. The number of benzene rings is 3. The molecule has 1 aromatic heterocycles. The summed E-state index contributed by atoms with van der Waals surface area (Å²) in [5.41, 5.74) is -2.24. The predicted molar refractivity (Wildman–Crippen MR) is 191 cm³/mol. The molecule has 3 aromatic carbocycles. The van der Waals surface area contributed by atoms with Crippen molar-refractivity contribution in [3.8, 4) is 28.7 Å². The van der Waals surface area contributed by atoms with Gasteiger partial charge in [0.15, 0.2) is 16.6 Å². The Morgan fingerprint density at radius 2 is 1.45 bits per heavy atom. The molecule has 0 bridgehead atoms. The molecule has 0 aliphatic carbocycles. The van der Waals surface area contributed by atoms with Gasteiger partial charge in [0.25, 0.3) is 10.0 Å². The zero-order valence-electron chi connectivity index (χ0n) is 30.7. The van der Waals surface area contributed by atoms with Crippen LogP contribution in [0.3, 0.4) is 0 Å². The van der Waals surface area contributed by atoms with E-state index in [1.54, 1.807) is 36.4 Å². The molecule has 4 aromatic rings. The molecule has 0 saturated carbocycles. The number of nitrogens with zero attached hydrogens (tertiary/aromatic N) is 3. The van der Waals surface area contributed by atoms with Gasteiger partial charge in [-0.2, -0.15) is 21.9 Å². The van der Waals surface area contributed by atoms with Gasteiger partial charge >= 0.3 is 6.18 Å². The molecule has 2 atom stereocenters. The Kier molecular flexibility index (Phi) is 12.0. The number of aromatic nitrogens is 1. The molecule has 12 nitrogen and oxygen atoms in total. The number of anilines is 2. The van der Waals surface area contributed by atoms with Crippen LogP contribution in [-0.4, -0.2) is 77.9 Å². The third-order valence-electron chi connectivity index (χ3n) is 9.51. The lowest BCUT2D eigenvalue weighted by Gasteiger charge is -2.36. The highest BCUT2D eigenvalue weighted by Gasteiger charge is 2.63. The van der Waals surface area contributed by atoms with Crippen molar-refractivity contribution < 1.29 is 58.8 Å². The van der Waals surface area contributed by atoms with Crippen LogP contribution in [0.1, 0.15) is 24.5 Å². The molecule has 1 fully saturated rings. The first-order chi connectivity index (χ1) is 26.0. The van der Waals surface area contributed by atoms with Crippen LogP contribution in [0, 0.1) is 17.0 Å². The Morgan fingerprint density at radius 3 is 1.96 bits per heavy atom. The van der Waals surface area contributed by atoms with Crippen LogP contribution < -0.4 is 33.9 Å². The van der Waals surface area contributed by atoms with Crippen molar-refractivity contribution in [3.05, 3.63) is 89.6 Å². The van der Waals surface area contributed by atoms with Crippen LogP contribution in [0.5, 0.6) is 28.7 Å². The minimum Gasteiger partial charge on any atom is -0.497 e. The summed E-state index contributed by atoms with van der Waals surface area (Å²) in [4.78, 5) is 19.0. The zero-order chi connectivity index (χ0) is 40.3. The Bertz CT molecular complexity index is 2100. The second-order valence-electron chi connectivity index (χ2n) is 12.7.